The lowest BCUT2D eigenvalue weighted by Gasteiger charge is -2.36. The third-order valence-corrected chi connectivity index (χ3v) is 5.19. The minimum atomic E-state index is 0.125. The topological polar surface area (TPSA) is 67.2 Å². The summed E-state index contributed by atoms with van der Waals surface area (Å²) >= 11 is 0. The molecule has 1 saturated heterocycles. The average Bonchev–Trinajstić information content (AvgIpc) is 3.41. The SMILES string of the molecule is CN(C(=O)Cn1ccc(C2CC2)n1)C1CCN(c2ncccn2)CC1. The van der Waals surface area contributed by atoms with Gasteiger partial charge in [0.2, 0.25) is 11.9 Å². The zero-order chi connectivity index (χ0) is 17.2. The Labute approximate surface area is 147 Å². The lowest BCUT2D eigenvalue weighted by molar-refractivity contribution is -0.133. The predicted molar refractivity (Wildman–Crippen MR) is 94.2 cm³/mol. The van der Waals surface area contributed by atoms with Gasteiger partial charge in [-0.1, -0.05) is 0 Å². The van der Waals surface area contributed by atoms with Crippen molar-refractivity contribution in [2.24, 2.45) is 0 Å². The number of carbonyl (C=O) groups excluding carboxylic acids is 1. The molecule has 25 heavy (non-hydrogen) atoms. The van der Waals surface area contributed by atoms with Crippen molar-refractivity contribution >= 4 is 11.9 Å². The van der Waals surface area contributed by atoms with Gasteiger partial charge < -0.3 is 9.80 Å². The smallest absolute Gasteiger partial charge is 0.244 e. The Morgan fingerprint density at radius 2 is 1.92 bits per heavy atom. The monoisotopic (exact) mass is 340 g/mol. The van der Waals surface area contributed by atoms with E-state index >= 15 is 0 Å². The normalized spacial score (nSPS) is 18.4. The van der Waals surface area contributed by atoms with Gasteiger partial charge in [0.05, 0.1) is 5.69 Å². The van der Waals surface area contributed by atoms with E-state index in [-0.39, 0.29) is 11.9 Å². The Bertz CT molecular complexity index is 718. The van der Waals surface area contributed by atoms with Crippen LogP contribution in [0.25, 0.3) is 0 Å². The number of hydrogen-bond acceptors (Lipinski definition) is 5. The molecule has 1 saturated carbocycles. The number of carbonyl (C=O) groups is 1. The lowest BCUT2D eigenvalue weighted by atomic mass is 10.0. The van der Waals surface area contributed by atoms with Gasteiger partial charge in [-0.25, -0.2) is 9.97 Å². The van der Waals surface area contributed by atoms with Gasteiger partial charge in [-0.15, -0.1) is 0 Å². The molecule has 3 heterocycles. The average molecular weight is 340 g/mol. The summed E-state index contributed by atoms with van der Waals surface area (Å²) in [6, 6.07) is 4.14. The molecule has 2 aromatic rings. The van der Waals surface area contributed by atoms with Crippen LogP contribution in [0.4, 0.5) is 5.95 Å². The molecule has 0 bridgehead atoms. The van der Waals surface area contributed by atoms with Gasteiger partial charge in [-0.05, 0) is 37.8 Å². The maximum atomic E-state index is 12.6. The van der Waals surface area contributed by atoms with E-state index in [0.717, 1.165) is 37.6 Å². The van der Waals surface area contributed by atoms with Crippen LogP contribution in [0.2, 0.25) is 0 Å². The molecule has 4 rings (SSSR count). The quantitative estimate of drug-likeness (QED) is 0.828. The van der Waals surface area contributed by atoms with Gasteiger partial charge in [0.1, 0.15) is 6.54 Å². The summed E-state index contributed by atoms with van der Waals surface area (Å²) in [6.45, 7) is 2.07. The molecule has 132 valence electrons. The van der Waals surface area contributed by atoms with Crippen molar-refractivity contribution in [2.75, 3.05) is 25.0 Å². The Balaban J connectivity index is 1.30. The highest BCUT2D eigenvalue weighted by Crippen LogP contribution is 2.38. The number of rotatable bonds is 5. The van der Waals surface area contributed by atoms with Crippen LogP contribution in [0.1, 0.15) is 37.3 Å². The fraction of sp³-hybridized carbons (Fsp3) is 0.556. The van der Waals surface area contributed by atoms with Gasteiger partial charge in [0, 0.05) is 50.7 Å². The van der Waals surface area contributed by atoms with Crippen LogP contribution in [0.5, 0.6) is 0 Å². The Kier molecular flexibility index (Phi) is 4.38. The maximum Gasteiger partial charge on any atom is 0.244 e. The van der Waals surface area contributed by atoms with Crippen molar-refractivity contribution in [1.29, 1.82) is 0 Å². The van der Waals surface area contributed by atoms with Crippen LogP contribution in [0.15, 0.2) is 30.7 Å². The van der Waals surface area contributed by atoms with Crippen molar-refractivity contribution < 1.29 is 4.79 Å². The minimum Gasteiger partial charge on any atom is -0.341 e. The minimum absolute atomic E-state index is 0.125. The van der Waals surface area contributed by atoms with Crippen LogP contribution in [0, 0.1) is 0 Å². The number of likely N-dealkylation sites (N-methyl/N-ethyl adjacent to an activating group) is 1. The second-order valence-corrected chi connectivity index (χ2v) is 6.98. The second kappa shape index (κ2) is 6.82. The highest BCUT2D eigenvalue weighted by molar-refractivity contribution is 5.76. The second-order valence-electron chi connectivity index (χ2n) is 6.98. The molecule has 0 unspecified atom stereocenters. The van der Waals surface area contributed by atoms with E-state index in [1.807, 2.05) is 30.3 Å². The van der Waals surface area contributed by atoms with Gasteiger partial charge in [0.15, 0.2) is 0 Å². The van der Waals surface area contributed by atoms with Crippen LogP contribution >= 0.6 is 0 Å². The molecule has 7 heteroatoms. The van der Waals surface area contributed by atoms with Crippen LogP contribution in [-0.4, -0.2) is 56.7 Å². The van der Waals surface area contributed by atoms with E-state index < -0.39 is 0 Å². The summed E-state index contributed by atoms with van der Waals surface area (Å²) in [5.74, 6) is 1.53. The van der Waals surface area contributed by atoms with Crippen LogP contribution < -0.4 is 4.90 Å². The molecular weight excluding hydrogens is 316 g/mol. The Hall–Kier alpha value is -2.44. The molecule has 0 radical (unpaired) electrons. The van der Waals surface area contributed by atoms with E-state index in [4.69, 9.17) is 0 Å². The molecule has 1 aliphatic heterocycles. The van der Waals surface area contributed by atoms with E-state index in [9.17, 15) is 4.79 Å². The van der Waals surface area contributed by atoms with Crippen molar-refractivity contribution in [3.63, 3.8) is 0 Å². The third-order valence-electron chi connectivity index (χ3n) is 5.19. The standard InChI is InChI=1S/C18H24N6O/c1-22(17(25)13-24-12-7-16(21-24)14-3-4-14)15-5-10-23(11-6-15)18-19-8-2-9-20-18/h2,7-9,12,14-15H,3-6,10-11,13H2,1H3. The zero-order valence-corrected chi connectivity index (χ0v) is 14.6. The molecule has 0 aromatic carbocycles. The fourth-order valence-corrected chi connectivity index (χ4v) is 3.42. The van der Waals surface area contributed by atoms with Crippen LogP contribution in [0.3, 0.4) is 0 Å². The van der Waals surface area contributed by atoms with E-state index in [0.29, 0.717) is 12.5 Å². The van der Waals surface area contributed by atoms with Crippen molar-refractivity contribution in [2.45, 2.75) is 44.2 Å². The molecule has 0 spiro atoms. The van der Waals surface area contributed by atoms with Crippen molar-refractivity contribution in [3.8, 4) is 0 Å². The predicted octanol–water partition coefficient (Wildman–Crippen LogP) is 1.68. The molecule has 1 amide bonds. The summed E-state index contributed by atoms with van der Waals surface area (Å²) < 4.78 is 1.78. The molecule has 1 aliphatic carbocycles. The third kappa shape index (κ3) is 3.65. The Morgan fingerprint density at radius 1 is 1.20 bits per heavy atom. The van der Waals surface area contributed by atoms with Gasteiger partial charge in [0.25, 0.3) is 0 Å². The lowest BCUT2D eigenvalue weighted by Crippen LogP contribution is -2.46. The van der Waals surface area contributed by atoms with E-state index in [1.54, 1.807) is 17.1 Å². The first-order chi connectivity index (χ1) is 12.2. The highest BCUT2D eigenvalue weighted by atomic mass is 16.2. The van der Waals surface area contributed by atoms with E-state index in [1.165, 1.54) is 12.8 Å². The summed E-state index contributed by atoms with van der Waals surface area (Å²) in [5.41, 5.74) is 1.13. The maximum absolute atomic E-state index is 12.6. The molecular formula is C18H24N6O. The first-order valence-corrected chi connectivity index (χ1v) is 9.01. The largest absolute Gasteiger partial charge is 0.341 e. The number of anilines is 1. The van der Waals surface area contributed by atoms with Gasteiger partial charge >= 0.3 is 0 Å². The summed E-state index contributed by atoms with van der Waals surface area (Å²) in [7, 11) is 1.91. The van der Waals surface area contributed by atoms with Crippen molar-refractivity contribution in [1.82, 2.24) is 24.6 Å². The summed E-state index contributed by atoms with van der Waals surface area (Å²) in [5, 5.41) is 4.54. The molecule has 2 aliphatic rings. The van der Waals surface area contributed by atoms with E-state index in [2.05, 4.69) is 20.0 Å². The molecule has 2 aromatic heterocycles. The number of piperidine rings is 1. The first kappa shape index (κ1) is 16.1. The van der Waals surface area contributed by atoms with Gasteiger partial charge in [-0.3, -0.25) is 9.48 Å². The number of nitrogens with zero attached hydrogens (tertiary/aromatic N) is 6. The fourth-order valence-electron chi connectivity index (χ4n) is 3.42. The molecule has 0 atom stereocenters. The first-order valence-electron chi connectivity index (χ1n) is 9.01. The summed E-state index contributed by atoms with van der Waals surface area (Å²) in [6.07, 6.45) is 9.80. The van der Waals surface area contributed by atoms with Gasteiger partial charge in [-0.2, -0.15) is 5.10 Å². The Morgan fingerprint density at radius 3 is 2.60 bits per heavy atom. The zero-order valence-electron chi connectivity index (χ0n) is 14.6. The van der Waals surface area contributed by atoms with Crippen molar-refractivity contribution in [3.05, 3.63) is 36.4 Å². The number of aromatic nitrogens is 4. The molecule has 2 fully saturated rings. The summed E-state index contributed by atoms with van der Waals surface area (Å²) in [4.78, 5) is 25.3. The number of amides is 1. The molecule has 0 N–H and O–H groups in total. The van der Waals surface area contributed by atoms with Crippen LogP contribution in [-0.2, 0) is 11.3 Å². The number of hydrogen-bond donors (Lipinski definition) is 0. The molecule has 7 nitrogen and oxygen atoms in total. The highest BCUT2D eigenvalue weighted by Gasteiger charge is 2.28.